The zero-order valence-corrected chi connectivity index (χ0v) is 15.5. The fourth-order valence-electron chi connectivity index (χ4n) is 3.77. The number of aromatic nitrogens is 2. The maximum atomic E-state index is 7.16. The van der Waals surface area contributed by atoms with Crippen molar-refractivity contribution in [2.24, 2.45) is 5.92 Å². The molecule has 2 aliphatic heterocycles. The SMILES string of the molecule is [C-]#[N+]c1ccc(-c2nc(CC[C@H]3CCNC3)ncc2N2CCOCC2)cc1. The molecule has 1 aromatic heterocycles. The summed E-state index contributed by atoms with van der Waals surface area (Å²) in [5, 5.41) is 3.43. The van der Waals surface area contributed by atoms with Crippen molar-refractivity contribution in [3.63, 3.8) is 0 Å². The highest BCUT2D eigenvalue weighted by Crippen LogP contribution is 2.31. The molecule has 2 aromatic rings. The summed E-state index contributed by atoms with van der Waals surface area (Å²) in [5.74, 6) is 1.64. The average molecular weight is 363 g/mol. The second kappa shape index (κ2) is 8.47. The van der Waals surface area contributed by atoms with Gasteiger partial charge in [-0.1, -0.05) is 24.3 Å². The highest BCUT2D eigenvalue weighted by atomic mass is 16.5. The van der Waals surface area contributed by atoms with Gasteiger partial charge in [-0.2, -0.15) is 0 Å². The molecule has 0 bridgehead atoms. The number of anilines is 1. The lowest BCUT2D eigenvalue weighted by Gasteiger charge is -2.30. The summed E-state index contributed by atoms with van der Waals surface area (Å²) in [6, 6.07) is 7.70. The highest BCUT2D eigenvalue weighted by Gasteiger charge is 2.19. The first-order valence-electron chi connectivity index (χ1n) is 9.71. The van der Waals surface area contributed by atoms with Crippen LogP contribution < -0.4 is 10.2 Å². The summed E-state index contributed by atoms with van der Waals surface area (Å²) in [4.78, 5) is 15.4. The van der Waals surface area contributed by atoms with E-state index in [2.05, 4.69) is 20.0 Å². The number of nitrogens with one attached hydrogen (secondary N) is 1. The summed E-state index contributed by atoms with van der Waals surface area (Å²) < 4.78 is 5.49. The molecule has 27 heavy (non-hydrogen) atoms. The summed E-state index contributed by atoms with van der Waals surface area (Å²) in [5.41, 5.74) is 3.70. The molecule has 6 nitrogen and oxygen atoms in total. The van der Waals surface area contributed by atoms with E-state index in [1.54, 1.807) is 0 Å². The van der Waals surface area contributed by atoms with Crippen molar-refractivity contribution in [2.45, 2.75) is 19.3 Å². The van der Waals surface area contributed by atoms with Crippen LogP contribution in [0.4, 0.5) is 11.4 Å². The van der Waals surface area contributed by atoms with Crippen molar-refractivity contribution in [2.75, 3.05) is 44.3 Å². The van der Waals surface area contributed by atoms with Crippen molar-refractivity contribution in [1.82, 2.24) is 15.3 Å². The Morgan fingerprint density at radius 3 is 2.74 bits per heavy atom. The molecule has 1 aromatic carbocycles. The quantitative estimate of drug-likeness (QED) is 0.828. The fraction of sp³-hybridized carbons (Fsp3) is 0.476. The Morgan fingerprint density at radius 2 is 2.04 bits per heavy atom. The van der Waals surface area contributed by atoms with Crippen LogP contribution in [-0.4, -0.2) is 49.4 Å². The van der Waals surface area contributed by atoms with E-state index in [0.717, 1.165) is 80.9 Å². The van der Waals surface area contributed by atoms with Crippen molar-refractivity contribution >= 4 is 11.4 Å². The molecule has 0 saturated carbocycles. The Hall–Kier alpha value is -2.49. The lowest BCUT2D eigenvalue weighted by molar-refractivity contribution is 0.122. The zero-order valence-electron chi connectivity index (χ0n) is 15.5. The topological polar surface area (TPSA) is 54.6 Å². The lowest BCUT2D eigenvalue weighted by atomic mass is 10.0. The van der Waals surface area contributed by atoms with E-state index in [-0.39, 0.29) is 0 Å². The van der Waals surface area contributed by atoms with Crippen LogP contribution in [0.2, 0.25) is 0 Å². The average Bonchev–Trinajstić information content (AvgIpc) is 3.26. The third-order valence-electron chi connectivity index (χ3n) is 5.38. The molecule has 0 unspecified atom stereocenters. The Kier molecular flexibility index (Phi) is 5.61. The van der Waals surface area contributed by atoms with Gasteiger partial charge >= 0.3 is 0 Å². The Bertz CT molecular complexity index is 802. The van der Waals surface area contributed by atoms with E-state index >= 15 is 0 Å². The van der Waals surface area contributed by atoms with Crippen molar-refractivity contribution in [1.29, 1.82) is 0 Å². The molecule has 2 aliphatic rings. The van der Waals surface area contributed by atoms with Gasteiger partial charge in [-0.05, 0) is 37.4 Å². The molecule has 6 heteroatoms. The standard InChI is InChI=1S/C21H25N5O/c1-22-18-5-3-17(4-6-18)21-19(26-10-12-27-13-11-26)15-24-20(25-21)7-2-16-8-9-23-14-16/h3-6,15-16,23H,2,7-14H2/t16-/m0/s1. The maximum absolute atomic E-state index is 7.16. The number of ether oxygens (including phenoxy) is 1. The minimum absolute atomic E-state index is 0.648. The predicted molar refractivity (Wildman–Crippen MR) is 106 cm³/mol. The largest absolute Gasteiger partial charge is 0.378 e. The van der Waals surface area contributed by atoms with Gasteiger partial charge in [-0.15, -0.1) is 0 Å². The highest BCUT2D eigenvalue weighted by molar-refractivity contribution is 5.75. The van der Waals surface area contributed by atoms with Gasteiger partial charge in [0.05, 0.1) is 37.4 Å². The van der Waals surface area contributed by atoms with Crippen LogP contribution in [0.5, 0.6) is 0 Å². The van der Waals surface area contributed by atoms with Crippen LogP contribution in [0, 0.1) is 12.5 Å². The zero-order chi connectivity index (χ0) is 18.5. The van der Waals surface area contributed by atoms with Crippen LogP contribution >= 0.6 is 0 Å². The Labute approximate surface area is 160 Å². The van der Waals surface area contributed by atoms with Gasteiger partial charge < -0.3 is 15.0 Å². The first-order chi connectivity index (χ1) is 13.3. The van der Waals surface area contributed by atoms with Crippen LogP contribution in [-0.2, 0) is 11.2 Å². The number of benzene rings is 1. The molecular formula is C21H25N5O. The number of morpholine rings is 1. The Morgan fingerprint density at radius 1 is 1.22 bits per heavy atom. The second-order valence-electron chi connectivity index (χ2n) is 7.18. The molecule has 2 saturated heterocycles. The van der Waals surface area contributed by atoms with Crippen molar-refractivity contribution < 1.29 is 4.74 Å². The second-order valence-corrected chi connectivity index (χ2v) is 7.18. The molecule has 0 radical (unpaired) electrons. The molecule has 4 rings (SSSR count). The van der Waals surface area contributed by atoms with E-state index in [4.69, 9.17) is 16.3 Å². The Balaban J connectivity index is 1.62. The van der Waals surface area contributed by atoms with E-state index < -0.39 is 0 Å². The fourth-order valence-corrected chi connectivity index (χ4v) is 3.77. The number of rotatable bonds is 5. The summed E-state index contributed by atoms with van der Waals surface area (Å²) >= 11 is 0. The molecule has 140 valence electrons. The van der Waals surface area contributed by atoms with Gasteiger partial charge in [0.25, 0.3) is 0 Å². The minimum Gasteiger partial charge on any atom is -0.378 e. The molecule has 0 amide bonds. The number of hydrogen-bond donors (Lipinski definition) is 1. The number of nitrogens with zero attached hydrogens (tertiary/aromatic N) is 4. The van der Waals surface area contributed by atoms with Gasteiger partial charge in [0.15, 0.2) is 5.69 Å². The molecule has 1 atom stereocenters. The summed E-state index contributed by atoms with van der Waals surface area (Å²) in [6.07, 6.45) is 5.25. The predicted octanol–water partition coefficient (Wildman–Crippen LogP) is 3.07. The molecule has 2 fully saturated rings. The molecule has 1 N–H and O–H groups in total. The summed E-state index contributed by atoms with van der Waals surface area (Å²) in [7, 11) is 0. The van der Waals surface area contributed by atoms with E-state index in [0.29, 0.717) is 5.69 Å². The maximum Gasteiger partial charge on any atom is 0.187 e. The lowest BCUT2D eigenvalue weighted by Crippen LogP contribution is -2.36. The first-order valence-corrected chi connectivity index (χ1v) is 9.71. The van der Waals surface area contributed by atoms with Gasteiger partial charge in [0, 0.05) is 19.5 Å². The van der Waals surface area contributed by atoms with Gasteiger partial charge in [0.2, 0.25) is 0 Å². The van der Waals surface area contributed by atoms with Crippen molar-refractivity contribution in [3.05, 3.63) is 47.7 Å². The van der Waals surface area contributed by atoms with Crippen LogP contribution in [0.1, 0.15) is 18.7 Å². The summed E-state index contributed by atoms with van der Waals surface area (Å²) in [6.45, 7) is 12.6. The van der Waals surface area contributed by atoms with E-state index in [9.17, 15) is 0 Å². The van der Waals surface area contributed by atoms with E-state index in [1.165, 1.54) is 6.42 Å². The minimum atomic E-state index is 0.648. The smallest absolute Gasteiger partial charge is 0.187 e. The first kappa shape index (κ1) is 17.9. The third kappa shape index (κ3) is 4.26. The molecular weight excluding hydrogens is 338 g/mol. The number of aryl methyl sites for hydroxylation is 1. The molecule has 0 aliphatic carbocycles. The number of hydrogen-bond acceptors (Lipinski definition) is 5. The van der Waals surface area contributed by atoms with Gasteiger partial charge in [-0.25, -0.2) is 14.8 Å². The van der Waals surface area contributed by atoms with Crippen LogP contribution in [0.15, 0.2) is 30.5 Å². The third-order valence-corrected chi connectivity index (χ3v) is 5.38. The van der Waals surface area contributed by atoms with Crippen LogP contribution in [0.3, 0.4) is 0 Å². The normalized spacial score (nSPS) is 19.8. The van der Waals surface area contributed by atoms with Gasteiger partial charge in [0.1, 0.15) is 5.82 Å². The van der Waals surface area contributed by atoms with Gasteiger partial charge in [-0.3, -0.25) is 0 Å². The molecule has 3 heterocycles. The van der Waals surface area contributed by atoms with Crippen LogP contribution in [0.25, 0.3) is 16.1 Å². The van der Waals surface area contributed by atoms with Crippen molar-refractivity contribution in [3.8, 4) is 11.3 Å². The molecule has 0 spiro atoms. The monoisotopic (exact) mass is 363 g/mol. The van der Waals surface area contributed by atoms with E-state index in [1.807, 2.05) is 30.5 Å².